The molecule has 5 nitrogen and oxygen atoms in total. The Hall–Kier alpha value is -0.910. The summed E-state index contributed by atoms with van der Waals surface area (Å²) in [5, 5.41) is 3.32. The van der Waals surface area contributed by atoms with Crippen molar-refractivity contribution in [1.82, 2.24) is 15.3 Å². The van der Waals surface area contributed by atoms with Crippen LogP contribution in [-0.4, -0.2) is 37.3 Å². The van der Waals surface area contributed by atoms with Crippen molar-refractivity contribution in [1.29, 1.82) is 0 Å². The Morgan fingerprint density at radius 3 is 2.65 bits per heavy atom. The number of methoxy groups -OCH3 is 2. The molecule has 2 rings (SSSR count). The minimum Gasteiger partial charge on any atom is -0.383 e. The average Bonchev–Trinajstić information content (AvgIpc) is 2.81. The number of ether oxygens (including phenoxy) is 2. The molecular formula is C15H27N3O2. The predicted octanol–water partition coefficient (Wildman–Crippen LogP) is 2.34. The van der Waals surface area contributed by atoms with Gasteiger partial charge in [0.15, 0.2) is 0 Å². The van der Waals surface area contributed by atoms with Gasteiger partial charge in [-0.1, -0.05) is 25.7 Å². The lowest BCUT2D eigenvalue weighted by atomic mass is 9.93. The fraction of sp³-hybridized carbons (Fsp3) is 0.800. The Morgan fingerprint density at radius 1 is 1.25 bits per heavy atom. The Kier molecular flexibility index (Phi) is 6.01. The summed E-state index contributed by atoms with van der Waals surface area (Å²) in [5.41, 5.74) is 0.901. The normalized spacial score (nSPS) is 18.9. The molecule has 0 bridgehead atoms. The predicted molar refractivity (Wildman–Crippen MR) is 78.6 cm³/mol. The summed E-state index contributed by atoms with van der Waals surface area (Å²) >= 11 is 0. The molecule has 0 saturated heterocycles. The molecule has 0 aliphatic heterocycles. The summed E-state index contributed by atoms with van der Waals surface area (Å²) in [6.45, 7) is 2.36. The maximum Gasteiger partial charge on any atom is 0.138 e. The second-order valence-corrected chi connectivity index (χ2v) is 5.54. The molecule has 1 aliphatic carbocycles. The molecule has 1 aromatic rings. The van der Waals surface area contributed by atoms with E-state index in [9.17, 15) is 0 Å². The maximum atomic E-state index is 5.87. The third kappa shape index (κ3) is 3.81. The van der Waals surface area contributed by atoms with Gasteiger partial charge in [0.25, 0.3) is 0 Å². The molecule has 1 fully saturated rings. The highest BCUT2D eigenvalue weighted by atomic mass is 16.5. The van der Waals surface area contributed by atoms with E-state index in [2.05, 4.69) is 15.3 Å². The van der Waals surface area contributed by atoms with Gasteiger partial charge in [0, 0.05) is 39.2 Å². The number of imidazole rings is 1. The maximum absolute atomic E-state index is 5.87. The van der Waals surface area contributed by atoms with Crippen LogP contribution in [-0.2, 0) is 21.6 Å². The standard InChI is InChI=1S/C15H27N3O2/c1-19-10-9-16-11-13-12-17-14(18-13)15(20-2)7-5-3-4-6-8-15/h12,16H,3-11H2,1-2H3,(H,17,18). The number of hydrogen-bond acceptors (Lipinski definition) is 4. The summed E-state index contributed by atoms with van der Waals surface area (Å²) < 4.78 is 10.9. The number of nitrogens with zero attached hydrogens (tertiary/aromatic N) is 1. The van der Waals surface area contributed by atoms with Crippen LogP contribution in [0.4, 0.5) is 0 Å². The van der Waals surface area contributed by atoms with Gasteiger partial charge in [0.2, 0.25) is 0 Å². The van der Waals surface area contributed by atoms with Crippen LogP contribution in [0.25, 0.3) is 0 Å². The van der Waals surface area contributed by atoms with Crippen LogP contribution in [0.15, 0.2) is 6.20 Å². The minimum absolute atomic E-state index is 0.207. The lowest BCUT2D eigenvalue weighted by Crippen LogP contribution is -2.29. The number of rotatable bonds is 7. The second kappa shape index (κ2) is 7.76. The van der Waals surface area contributed by atoms with Gasteiger partial charge in [-0.05, 0) is 12.8 Å². The van der Waals surface area contributed by atoms with Crippen LogP contribution in [0.2, 0.25) is 0 Å². The smallest absolute Gasteiger partial charge is 0.138 e. The van der Waals surface area contributed by atoms with Crippen molar-refractivity contribution in [2.75, 3.05) is 27.4 Å². The molecule has 1 aromatic heterocycles. The molecular weight excluding hydrogens is 254 g/mol. The summed E-state index contributed by atoms with van der Waals surface area (Å²) in [7, 11) is 3.52. The second-order valence-electron chi connectivity index (χ2n) is 5.54. The van der Waals surface area contributed by atoms with E-state index in [0.29, 0.717) is 0 Å². The Bertz CT molecular complexity index is 384. The van der Waals surface area contributed by atoms with Crippen molar-refractivity contribution in [2.45, 2.75) is 50.7 Å². The van der Waals surface area contributed by atoms with E-state index in [1.807, 2.05) is 13.3 Å². The van der Waals surface area contributed by atoms with Gasteiger partial charge in [-0.25, -0.2) is 4.98 Å². The fourth-order valence-electron chi connectivity index (χ4n) is 2.92. The van der Waals surface area contributed by atoms with E-state index in [0.717, 1.165) is 44.1 Å². The molecule has 0 radical (unpaired) electrons. The molecule has 0 amide bonds. The quantitative estimate of drug-likeness (QED) is 0.595. The molecule has 1 heterocycles. The van der Waals surface area contributed by atoms with E-state index < -0.39 is 0 Å². The SMILES string of the molecule is COCCNCc1cnc(C2(OC)CCCCCC2)[nH]1. The van der Waals surface area contributed by atoms with Crippen LogP contribution in [0.1, 0.15) is 50.0 Å². The zero-order valence-corrected chi connectivity index (χ0v) is 12.7. The molecule has 114 valence electrons. The van der Waals surface area contributed by atoms with Crippen molar-refractivity contribution in [2.24, 2.45) is 0 Å². The van der Waals surface area contributed by atoms with E-state index in [1.165, 1.54) is 25.7 Å². The van der Waals surface area contributed by atoms with E-state index >= 15 is 0 Å². The number of nitrogens with one attached hydrogen (secondary N) is 2. The first kappa shape index (κ1) is 15.5. The molecule has 0 atom stereocenters. The van der Waals surface area contributed by atoms with Gasteiger partial charge < -0.3 is 19.8 Å². The van der Waals surface area contributed by atoms with Crippen LogP contribution in [0.3, 0.4) is 0 Å². The monoisotopic (exact) mass is 281 g/mol. The number of H-pyrrole nitrogens is 1. The zero-order valence-electron chi connectivity index (χ0n) is 12.7. The first-order valence-corrected chi connectivity index (χ1v) is 7.60. The van der Waals surface area contributed by atoms with Crippen molar-refractivity contribution < 1.29 is 9.47 Å². The highest BCUT2D eigenvalue weighted by Crippen LogP contribution is 2.37. The zero-order chi connectivity index (χ0) is 14.3. The van der Waals surface area contributed by atoms with Gasteiger partial charge in [0.1, 0.15) is 11.4 Å². The van der Waals surface area contributed by atoms with Crippen molar-refractivity contribution >= 4 is 0 Å². The lowest BCUT2D eigenvalue weighted by Gasteiger charge is -2.29. The van der Waals surface area contributed by atoms with E-state index in [-0.39, 0.29) is 5.60 Å². The van der Waals surface area contributed by atoms with Crippen LogP contribution < -0.4 is 5.32 Å². The Morgan fingerprint density at radius 2 is 2.00 bits per heavy atom. The van der Waals surface area contributed by atoms with Gasteiger partial charge in [-0.3, -0.25) is 0 Å². The third-order valence-electron chi connectivity index (χ3n) is 4.16. The molecule has 5 heteroatoms. The molecule has 20 heavy (non-hydrogen) atoms. The van der Waals surface area contributed by atoms with Crippen molar-refractivity contribution in [3.63, 3.8) is 0 Å². The van der Waals surface area contributed by atoms with Gasteiger partial charge in [0.05, 0.1) is 6.61 Å². The first-order valence-electron chi connectivity index (χ1n) is 7.60. The summed E-state index contributed by atoms with van der Waals surface area (Å²) in [6.07, 6.45) is 9.09. The summed E-state index contributed by atoms with van der Waals surface area (Å²) in [4.78, 5) is 8.01. The largest absolute Gasteiger partial charge is 0.383 e. The van der Waals surface area contributed by atoms with Crippen molar-refractivity contribution in [3.05, 3.63) is 17.7 Å². The molecule has 0 spiro atoms. The summed E-state index contributed by atoms with van der Waals surface area (Å²) in [5.74, 6) is 0.991. The Balaban J connectivity index is 1.98. The van der Waals surface area contributed by atoms with E-state index in [1.54, 1.807) is 7.11 Å². The number of aromatic nitrogens is 2. The number of aromatic amines is 1. The molecule has 1 saturated carbocycles. The highest BCUT2D eigenvalue weighted by molar-refractivity contribution is 5.09. The lowest BCUT2D eigenvalue weighted by molar-refractivity contribution is -0.0345. The minimum atomic E-state index is -0.207. The third-order valence-corrected chi connectivity index (χ3v) is 4.16. The van der Waals surface area contributed by atoms with Crippen molar-refractivity contribution in [3.8, 4) is 0 Å². The topological polar surface area (TPSA) is 59.2 Å². The van der Waals surface area contributed by atoms with E-state index in [4.69, 9.17) is 9.47 Å². The summed E-state index contributed by atoms with van der Waals surface area (Å²) in [6, 6.07) is 0. The van der Waals surface area contributed by atoms with Gasteiger partial charge in [-0.2, -0.15) is 0 Å². The van der Waals surface area contributed by atoms with Gasteiger partial charge in [-0.15, -0.1) is 0 Å². The average molecular weight is 281 g/mol. The highest BCUT2D eigenvalue weighted by Gasteiger charge is 2.35. The number of hydrogen-bond donors (Lipinski definition) is 2. The Labute approximate surface area is 121 Å². The fourth-order valence-corrected chi connectivity index (χ4v) is 2.92. The van der Waals surface area contributed by atoms with Crippen LogP contribution in [0, 0.1) is 0 Å². The first-order chi connectivity index (χ1) is 9.80. The molecule has 0 unspecified atom stereocenters. The molecule has 0 aromatic carbocycles. The van der Waals surface area contributed by atoms with Crippen LogP contribution >= 0.6 is 0 Å². The van der Waals surface area contributed by atoms with Gasteiger partial charge >= 0.3 is 0 Å². The van der Waals surface area contributed by atoms with Crippen LogP contribution in [0.5, 0.6) is 0 Å². The molecule has 2 N–H and O–H groups in total. The molecule has 1 aliphatic rings.